The van der Waals surface area contributed by atoms with E-state index in [1.165, 1.54) is 0 Å². The highest BCUT2D eigenvalue weighted by molar-refractivity contribution is 5.85. The van der Waals surface area contributed by atoms with Crippen LogP contribution in [0.15, 0.2) is 36.2 Å². The molecule has 0 saturated heterocycles. The van der Waals surface area contributed by atoms with Gasteiger partial charge in [-0.25, -0.2) is 18.4 Å². The Morgan fingerprint density at radius 3 is 2.58 bits per heavy atom. The first-order valence-electron chi connectivity index (χ1n) is 7.37. The third kappa shape index (κ3) is 3.73. The Kier molecular flexibility index (Phi) is 5.56. The van der Waals surface area contributed by atoms with Crippen LogP contribution in [0, 0.1) is 0 Å². The van der Waals surface area contributed by atoms with Crippen molar-refractivity contribution in [3.8, 4) is 17.1 Å². The van der Waals surface area contributed by atoms with Crippen molar-refractivity contribution in [3.05, 3.63) is 42.0 Å². The second kappa shape index (κ2) is 7.27. The summed E-state index contributed by atoms with van der Waals surface area (Å²) in [5.41, 5.74) is 5.21. The maximum Gasteiger partial charge on any atom is 0.188 e. The molecule has 5 nitrogen and oxygen atoms in total. The maximum atomic E-state index is 14.0. The van der Waals surface area contributed by atoms with E-state index in [0.29, 0.717) is 36.3 Å². The number of alkyl halides is 1. The van der Waals surface area contributed by atoms with Crippen molar-refractivity contribution < 1.29 is 13.5 Å². The van der Waals surface area contributed by atoms with E-state index in [4.69, 9.17) is 10.5 Å². The van der Waals surface area contributed by atoms with Crippen LogP contribution in [0.2, 0.25) is 0 Å². The van der Waals surface area contributed by atoms with Crippen molar-refractivity contribution >= 4 is 12.4 Å². The summed E-state index contributed by atoms with van der Waals surface area (Å²) >= 11 is 0. The molecule has 24 heavy (non-hydrogen) atoms. The largest absolute Gasteiger partial charge is 0.489 e. The number of hydrogen-bond acceptors (Lipinski definition) is 4. The first-order valence-corrected chi connectivity index (χ1v) is 7.37. The molecule has 0 unspecified atom stereocenters. The number of hydrogen-bond donors (Lipinski definition) is 1. The Hall–Kier alpha value is -1.99. The zero-order chi connectivity index (χ0) is 16.4. The SMILES string of the molecule is Cl.Cn1nc(C2(F)CC2)nc1-c1ccc(OC/C(=C/F)CN)cc1. The lowest BCUT2D eigenvalue weighted by atomic mass is 10.2. The van der Waals surface area contributed by atoms with Crippen LogP contribution in [0.25, 0.3) is 11.4 Å². The standard InChI is InChI=1S/C16H18F2N4O.ClH/c1-22-14(20-15(21-22)16(18)6-7-16)12-2-4-13(5-3-12)23-10-11(8-17)9-19;/h2-5,8H,6-7,9-10,19H2,1H3;1H/b11-8+;. The predicted molar refractivity (Wildman–Crippen MR) is 89.4 cm³/mol. The van der Waals surface area contributed by atoms with E-state index >= 15 is 0 Å². The highest BCUT2D eigenvalue weighted by Gasteiger charge is 2.49. The normalized spacial score (nSPS) is 15.8. The zero-order valence-corrected chi connectivity index (χ0v) is 14.0. The van der Waals surface area contributed by atoms with Crippen molar-refractivity contribution in [1.82, 2.24) is 14.8 Å². The summed E-state index contributed by atoms with van der Waals surface area (Å²) in [4.78, 5) is 4.31. The van der Waals surface area contributed by atoms with Gasteiger partial charge in [-0.1, -0.05) is 0 Å². The molecule has 1 aliphatic rings. The minimum atomic E-state index is -1.35. The Labute approximate surface area is 144 Å². The van der Waals surface area contributed by atoms with Crippen molar-refractivity contribution in [1.29, 1.82) is 0 Å². The molecule has 0 amide bonds. The monoisotopic (exact) mass is 356 g/mol. The van der Waals surface area contributed by atoms with E-state index in [2.05, 4.69) is 10.1 Å². The lowest BCUT2D eigenvalue weighted by molar-refractivity contribution is 0.299. The molecule has 2 aromatic rings. The van der Waals surface area contributed by atoms with Crippen molar-refractivity contribution in [2.75, 3.05) is 13.2 Å². The Bertz CT molecular complexity index is 726. The topological polar surface area (TPSA) is 66.0 Å². The molecule has 8 heteroatoms. The van der Waals surface area contributed by atoms with Crippen LogP contribution in [0.5, 0.6) is 5.75 Å². The third-order valence-electron chi connectivity index (χ3n) is 3.81. The number of halogens is 3. The fourth-order valence-electron chi connectivity index (χ4n) is 2.17. The highest BCUT2D eigenvalue weighted by atomic mass is 35.5. The second-order valence-corrected chi connectivity index (χ2v) is 5.63. The van der Waals surface area contributed by atoms with Crippen LogP contribution >= 0.6 is 12.4 Å². The molecule has 1 fully saturated rings. The molecule has 0 spiro atoms. The van der Waals surface area contributed by atoms with Gasteiger partial charge < -0.3 is 10.5 Å². The molecule has 3 rings (SSSR count). The van der Waals surface area contributed by atoms with Crippen LogP contribution in [-0.2, 0) is 12.7 Å². The Balaban J connectivity index is 0.00000208. The van der Waals surface area contributed by atoms with Crippen LogP contribution < -0.4 is 10.5 Å². The van der Waals surface area contributed by atoms with Crippen LogP contribution in [0.1, 0.15) is 18.7 Å². The number of nitrogens with two attached hydrogens (primary N) is 1. The van der Waals surface area contributed by atoms with Gasteiger partial charge in [0, 0.05) is 24.7 Å². The minimum Gasteiger partial charge on any atom is -0.489 e. The van der Waals surface area contributed by atoms with E-state index < -0.39 is 5.67 Å². The van der Waals surface area contributed by atoms with Gasteiger partial charge in [0.15, 0.2) is 17.3 Å². The highest BCUT2D eigenvalue weighted by Crippen LogP contribution is 2.48. The summed E-state index contributed by atoms with van der Waals surface area (Å²) in [6.45, 7) is 0.214. The molecular formula is C16H19ClF2N4O. The van der Waals surface area contributed by atoms with Gasteiger partial charge in [0.05, 0.1) is 6.33 Å². The van der Waals surface area contributed by atoms with Crippen LogP contribution in [-0.4, -0.2) is 27.9 Å². The van der Waals surface area contributed by atoms with E-state index in [-0.39, 0.29) is 31.4 Å². The van der Waals surface area contributed by atoms with Gasteiger partial charge in [-0.15, -0.1) is 12.4 Å². The van der Waals surface area contributed by atoms with Crippen molar-refractivity contribution in [2.45, 2.75) is 18.5 Å². The number of aryl methyl sites for hydroxylation is 1. The van der Waals surface area contributed by atoms with E-state index in [1.807, 2.05) is 12.1 Å². The number of benzene rings is 1. The first-order chi connectivity index (χ1) is 11.1. The van der Waals surface area contributed by atoms with E-state index in [0.717, 1.165) is 5.56 Å². The number of rotatable bonds is 6. The number of nitrogens with zero attached hydrogens (tertiary/aromatic N) is 3. The van der Waals surface area contributed by atoms with Gasteiger partial charge in [-0.3, -0.25) is 0 Å². The van der Waals surface area contributed by atoms with Gasteiger partial charge >= 0.3 is 0 Å². The summed E-state index contributed by atoms with van der Waals surface area (Å²) in [7, 11) is 1.74. The number of ether oxygens (including phenoxy) is 1. The summed E-state index contributed by atoms with van der Waals surface area (Å²) in [5, 5.41) is 4.16. The second-order valence-electron chi connectivity index (χ2n) is 5.63. The molecule has 0 radical (unpaired) electrons. The average Bonchev–Trinajstić information content (AvgIpc) is 3.19. The fourth-order valence-corrected chi connectivity index (χ4v) is 2.17. The smallest absolute Gasteiger partial charge is 0.188 e. The summed E-state index contributed by atoms with van der Waals surface area (Å²) in [6.07, 6.45) is 1.42. The molecule has 1 aromatic carbocycles. The minimum absolute atomic E-state index is 0. The molecule has 1 aromatic heterocycles. The molecule has 0 aliphatic heterocycles. The fraction of sp³-hybridized carbons (Fsp3) is 0.375. The van der Waals surface area contributed by atoms with Gasteiger partial charge in [0.2, 0.25) is 0 Å². The van der Waals surface area contributed by atoms with Crippen molar-refractivity contribution in [3.63, 3.8) is 0 Å². The molecule has 2 N–H and O–H groups in total. The molecule has 1 saturated carbocycles. The van der Waals surface area contributed by atoms with Crippen LogP contribution in [0.4, 0.5) is 8.78 Å². The van der Waals surface area contributed by atoms with Gasteiger partial charge in [0.1, 0.15) is 12.4 Å². The van der Waals surface area contributed by atoms with Crippen molar-refractivity contribution in [2.24, 2.45) is 12.8 Å². The zero-order valence-electron chi connectivity index (χ0n) is 13.2. The summed E-state index contributed by atoms with van der Waals surface area (Å²) in [6, 6.07) is 7.11. The summed E-state index contributed by atoms with van der Waals surface area (Å²) < 4.78 is 33.5. The Morgan fingerprint density at radius 2 is 2.04 bits per heavy atom. The maximum absolute atomic E-state index is 14.0. The predicted octanol–water partition coefficient (Wildman–Crippen LogP) is 3.05. The van der Waals surface area contributed by atoms with E-state index in [9.17, 15) is 8.78 Å². The van der Waals surface area contributed by atoms with Gasteiger partial charge in [-0.2, -0.15) is 5.10 Å². The molecule has 0 atom stereocenters. The van der Waals surface area contributed by atoms with Crippen LogP contribution in [0.3, 0.4) is 0 Å². The van der Waals surface area contributed by atoms with Gasteiger partial charge in [-0.05, 0) is 37.1 Å². The van der Waals surface area contributed by atoms with Gasteiger partial charge in [0.25, 0.3) is 0 Å². The average molecular weight is 357 g/mol. The number of aromatic nitrogens is 3. The first kappa shape index (κ1) is 18.4. The Morgan fingerprint density at radius 1 is 1.38 bits per heavy atom. The molecular weight excluding hydrogens is 338 g/mol. The third-order valence-corrected chi connectivity index (χ3v) is 3.81. The molecule has 130 valence electrons. The molecule has 1 heterocycles. The molecule has 1 aliphatic carbocycles. The lowest BCUT2D eigenvalue weighted by Crippen LogP contribution is -2.10. The van der Waals surface area contributed by atoms with E-state index in [1.54, 1.807) is 23.9 Å². The molecule has 0 bridgehead atoms. The lowest BCUT2D eigenvalue weighted by Gasteiger charge is -2.08. The summed E-state index contributed by atoms with van der Waals surface area (Å²) in [5.74, 6) is 1.44. The quantitative estimate of drug-likeness (QED) is 0.864.